The van der Waals surface area contributed by atoms with Crippen LogP contribution in [0.25, 0.3) is 0 Å². The second-order valence-electron chi connectivity index (χ2n) is 8.14. The summed E-state index contributed by atoms with van der Waals surface area (Å²) in [6.07, 6.45) is 2.21. The van der Waals surface area contributed by atoms with E-state index in [1.54, 1.807) is 0 Å². The van der Waals surface area contributed by atoms with Gasteiger partial charge in [0.05, 0.1) is 18.8 Å². The van der Waals surface area contributed by atoms with E-state index in [9.17, 15) is 33.9 Å². The van der Waals surface area contributed by atoms with Crippen molar-refractivity contribution in [3.05, 3.63) is 18.2 Å². The van der Waals surface area contributed by atoms with Crippen LogP contribution in [-0.4, -0.2) is 91.4 Å². The van der Waals surface area contributed by atoms with Crippen LogP contribution in [0.4, 0.5) is 0 Å². The molecule has 0 bridgehead atoms. The van der Waals surface area contributed by atoms with Crippen molar-refractivity contribution in [1.82, 2.24) is 25.5 Å². The zero-order valence-electron chi connectivity index (χ0n) is 18.8. The molecule has 15 nitrogen and oxygen atoms in total. The number of amides is 4. The van der Waals surface area contributed by atoms with Crippen molar-refractivity contribution in [3.8, 4) is 0 Å². The highest BCUT2D eigenvalue weighted by molar-refractivity contribution is 5.96. The van der Waals surface area contributed by atoms with E-state index in [2.05, 4.69) is 20.6 Å². The summed E-state index contributed by atoms with van der Waals surface area (Å²) in [4.78, 5) is 80.0. The number of nitrogens with zero attached hydrogens (tertiary/aromatic N) is 2. The summed E-state index contributed by atoms with van der Waals surface area (Å²) >= 11 is 0. The first kappa shape index (κ1) is 27.2. The maximum Gasteiger partial charge on any atom is 0.326 e. The molecule has 15 heteroatoms. The Balaban J connectivity index is 2.19. The predicted octanol–water partition coefficient (Wildman–Crippen LogP) is -2.94. The number of primary amides is 1. The molecule has 1 aliphatic rings. The SMILES string of the molecule is NC(=O)CC(NC(=O)C(Cc1cnc[nH]1)NC(=O)C(N)CCC(=O)O)C(=O)N1CCCC1C(=O)O. The summed E-state index contributed by atoms with van der Waals surface area (Å²) in [5.74, 6) is -5.70. The van der Waals surface area contributed by atoms with Gasteiger partial charge in [0, 0.05) is 31.3 Å². The Kier molecular flexibility index (Phi) is 9.69. The number of H-pyrrole nitrogens is 1. The number of nitrogens with one attached hydrogen (secondary N) is 3. The maximum atomic E-state index is 13.1. The Bertz CT molecular complexity index is 951. The molecule has 4 atom stereocenters. The molecule has 1 aromatic rings. The fraction of sp³-hybridized carbons (Fsp3) is 0.550. The smallest absolute Gasteiger partial charge is 0.326 e. The van der Waals surface area contributed by atoms with Crippen LogP contribution in [-0.2, 0) is 35.2 Å². The predicted molar refractivity (Wildman–Crippen MR) is 117 cm³/mol. The van der Waals surface area contributed by atoms with Crippen LogP contribution in [0, 0.1) is 0 Å². The molecule has 1 aromatic heterocycles. The van der Waals surface area contributed by atoms with Crippen molar-refractivity contribution < 1.29 is 39.0 Å². The zero-order chi connectivity index (χ0) is 26.1. The lowest BCUT2D eigenvalue weighted by molar-refractivity contribution is -0.149. The number of carboxylic acids is 2. The van der Waals surface area contributed by atoms with Gasteiger partial charge in [0.2, 0.25) is 23.6 Å². The Labute approximate surface area is 199 Å². The van der Waals surface area contributed by atoms with Gasteiger partial charge in [0.15, 0.2) is 0 Å². The number of carboxylic acid groups (broad SMARTS) is 2. The minimum absolute atomic E-state index is 0.0951. The van der Waals surface area contributed by atoms with Gasteiger partial charge in [0.25, 0.3) is 0 Å². The fourth-order valence-electron chi connectivity index (χ4n) is 3.68. The van der Waals surface area contributed by atoms with Crippen molar-refractivity contribution in [1.29, 1.82) is 0 Å². The second-order valence-corrected chi connectivity index (χ2v) is 8.14. The largest absolute Gasteiger partial charge is 0.481 e. The van der Waals surface area contributed by atoms with E-state index in [1.807, 2.05) is 0 Å². The van der Waals surface area contributed by atoms with Gasteiger partial charge in [-0.15, -0.1) is 0 Å². The van der Waals surface area contributed by atoms with Gasteiger partial charge < -0.3 is 42.2 Å². The van der Waals surface area contributed by atoms with Crippen LogP contribution in [0.3, 0.4) is 0 Å². The standard InChI is InChI=1S/C20H29N7O8/c21-11(3-4-16(29)30)17(31)25-12(6-10-8-23-9-24-10)18(32)26-13(7-15(22)28)19(33)27-5-1-2-14(27)20(34)35/h8-9,11-14H,1-7,21H2,(H2,22,28)(H,23,24)(H,25,31)(H,26,32)(H,29,30)(H,34,35). The van der Waals surface area contributed by atoms with Gasteiger partial charge in [-0.25, -0.2) is 9.78 Å². The molecule has 2 heterocycles. The number of aromatic nitrogens is 2. The van der Waals surface area contributed by atoms with Crippen LogP contribution in [0.2, 0.25) is 0 Å². The highest BCUT2D eigenvalue weighted by Gasteiger charge is 2.39. The van der Waals surface area contributed by atoms with Gasteiger partial charge >= 0.3 is 11.9 Å². The number of hydrogen-bond acceptors (Lipinski definition) is 8. The van der Waals surface area contributed by atoms with Crippen LogP contribution < -0.4 is 22.1 Å². The molecule has 1 fully saturated rings. The third kappa shape index (κ3) is 8.06. The highest BCUT2D eigenvalue weighted by Crippen LogP contribution is 2.19. The average Bonchev–Trinajstić information content (AvgIpc) is 3.47. The van der Waals surface area contributed by atoms with Crippen LogP contribution in [0.1, 0.15) is 37.8 Å². The summed E-state index contributed by atoms with van der Waals surface area (Å²) < 4.78 is 0. The zero-order valence-corrected chi connectivity index (χ0v) is 18.8. The Morgan fingerprint density at radius 2 is 1.83 bits per heavy atom. The summed E-state index contributed by atoms with van der Waals surface area (Å²) in [5.41, 5.74) is 11.4. The molecule has 1 saturated heterocycles. The van der Waals surface area contributed by atoms with E-state index in [4.69, 9.17) is 16.6 Å². The van der Waals surface area contributed by atoms with E-state index >= 15 is 0 Å². The first-order valence-corrected chi connectivity index (χ1v) is 10.9. The summed E-state index contributed by atoms with van der Waals surface area (Å²) in [6, 6.07) is -5.05. The minimum atomic E-state index is -1.46. The third-order valence-electron chi connectivity index (χ3n) is 5.46. The van der Waals surface area contributed by atoms with E-state index in [1.165, 1.54) is 12.5 Å². The molecule has 2 rings (SSSR count). The van der Waals surface area contributed by atoms with Gasteiger partial charge in [-0.2, -0.15) is 0 Å². The van der Waals surface area contributed by atoms with Gasteiger partial charge in [-0.1, -0.05) is 0 Å². The molecule has 0 aliphatic carbocycles. The van der Waals surface area contributed by atoms with Crippen molar-refractivity contribution in [3.63, 3.8) is 0 Å². The summed E-state index contributed by atoms with van der Waals surface area (Å²) in [7, 11) is 0. The van der Waals surface area contributed by atoms with Crippen molar-refractivity contribution in [2.24, 2.45) is 11.5 Å². The van der Waals surface area contributed by atoms with E-state index in [0.29, 0.717) is 12.1 Å². The maximum absolute atomic E-state index is 13.1. The third-order valence-corrected chi connectivity index (χ3v) is 5.46. The highest BCUT2D eigenvalue weighted by atomic mass is 16.4. The minimum Gasteiger partial charge on any atom is -0.481 e. The van der Waals surface area contributed by atoms with E-state index in [-0.39, 0.29) is 32.2 Å². The lowest BCUT2D eigenvalue weighted by atomic mass is 10.1. The van der Waals surface area contributed by atoms with E-state index < -0.39 is 66.2 Å². The van der Waals surface area contributed by atoms with Crippen LogP contribution in [0.5, 0.6) is 0 Å². The molecule has 0 aromatic carbocycles. The molecule has 0 radical (unpaired) electrons. The van der Waals surface area contributed by atoms with Gasteiger partial charge in [0.1, 0.15) is 18.1 Å². The molecule has 9 N–H and O–H groups in total. The number of carbonyl (C=O) groups excluding carboxylic acids is 4. The Hall–Kier alpha value is -4.01. The Morgan fingerprint density at radius 1 is 1.14 bits per heavy atom. The lowest BCUT2D eigenvalue weighted by Gasteiger charge is -2.28. The van der Waals surface area contributed by atoms with Crippen molar-refractivity contribution >= 4 is 35.6 Å². The second kappa shape index (κ2) is 12.5. The topological polar surface area (TPSA) is 251 Å². The molecule has 0 spiro atoms. The number of likely N-dealkylation sites (tertiary alicyclic amines) is 1. The molecule has 0 saturated carbocycles. The molecular weight excluding hydrogens is 466 g/mol. The summed E-state index contributed by atoms with van der Waals surface area (Å²) in [6.45, 7) is 0.133. The average molecular weight is 495 g/mol. The monoisotopic (exact) mass is 495 g/mol. The number of aliphatic carboxylic acids is 2. The molecule has 4 amide bonds. The number of imidazole rings is 1. The summed E-state index contributed by atoms with van der Waals surface area (Å²) in [5, 5.41) is 22.9. The quantitative estimate of drug-likeness (QED) is 0.147. The number of carbonyl (C=O) groups is 6. The Morgan fingerprint density at radius 3 is 2.40 bits per heavy atom. The molecule has 4 unspecified atom stereocenters. The number of aromatic amines is 1. The molecular formula is C20H29N7O8. The van der Waals surface area contributed by atoms with Gasteiger partial charge in [-0.05, 0) is 19.3 Å². The lowest BCUT2D eigenvalue weighted by Crippen LogP contribution is -2.58. The number of nitrogens with two attached hydrogens (primary N) is 2. The molecule has 35 heavy (non-hydrogen) atoms. The first-order valence-electron chi connectivity index (χ1n) is 10.9. The first-order chi connectivity index (χ1) is 16.5. The molecule has 192 valence electrons. The molecule has 1 aliphatic heterocycles. The van der Waals surface area contributed by atoms with Gasteiger partial charge in [-0.3, -0.25) is 24.0 Å². The number of rotatable bonds is 13. The number of hydrogen-bond donors (Lipinski definition) is 7. The van der Waals surface area contributed by atoms with E-state index in [0.717, 1.165) is 4.90 Å². The normalized spacial score (nSPS) is 17.7. The van der Waals surface area contributed by atoms with Crippen molar-refractivity contribution in [2.45, 2.75) is 62.7 Å². The van der Waals surface area contributed by atoms with Crippen LogP contribution >= 0.6 is 0 Å². The van der Waals surface area contributed by atoms with Crippen molar-refractivity contribution in [2.75, 3.05) is 6.54 Å². The fourth-order valence-corrected chi connectivity index (χ4v) is 3.68. The van der Waals surface area contributed by atoms with Crippen LogP contribution in [0.15, 0.2) is 12.5 Å².